The van der Waals surface area contributed by atoms with Crippen molar-refractivity contribution in [2.75, 3.05) is 11.9 Å². The molecule has 15 heavy (non-hydrogen) atoms. The number of aliphatic imine (C=N–C) groups is 1. The van der Waals surface area contributed by atoms with Gasteiger partial charge in [-0.25, -0.2) is 4.99 Å². The third kappa shape index (κ3) is 2.49. The largest absolute Gasteiger partial charge is 0.460 e. The van der Waals surface area contributed by atoms with E-state index in [4.69, 9.17) is 4.74 Å². The molecule has 0 saturated heterocycles. The number of rotatable bonds is 3. The summed E-state index contributed by atoms with van der Waals surface area (Å²) >= 11 is 0. The minimum atomic E-state index is 0.619. The van der Waals surface area contributed by atoms with Gasteiger partial charge in [0.05, 0.1) is 0 Å². The van der Waals surface area contributed by atoms with E-state index in [2.05, 4.69) is 23.3 Å². The molecule has 0 saturated carbocycles. The molecule has 1 aromatic rings. The molecule has 0 aromatic heterocycles. The number of unbranched alkanes of at least 4 members (excludes halogenated alkanes) is 1. The fourth-order valence-electron chi connectivity index (χ4n) is 1.49. The van der Waals surface area contributed by atoms with E-state index in [0.717, 1.165) is 25.1 Å². The topological polar surface area (TPSA) is 33.6 Å². The number of nitrogens with zero attached hydrogens (tertiary/aromatic N) is 1. The van der Waals surface area contributed by atoms with Gasteiger partial charge in [0.1, 0.15) is 6.61 Å². The molecule has 1 N–H and O–H groups in total. The Morgan fingerprint density at radius 3 is 3.13 bits per heavy atom. The van der Waals surface area contributed by atoms with Crippen LogP contribution in [-0.2, 0) is 11.3 Å². The molecule has 3 nitrogen and oxygen atoms in total. The van der Waals surface area contributed by atoms with Crippen molar-refractivity contribution >= 4 is 11.7 Å². The Labute approximate surface area is 90.2 Å². The summed E-state index contributed by atoms with van der Waals surface area (Å²) in [4.78, 5) is 4.36. The van der Waals surface area contributed by atoms with E-state index in [1.54, 1.807) is 0 Å². The molecule has 0 atom stereocenters. The van der Waals surface area contributed by atoms with Crippen molar-refractivity contribution in [1.82, 2.24) is 0 Å². The van der Waals surface area contributed by atoms with E-state index in [1.165, 1.54) is 5.56 Å². The first-order chi connectivity index (χ1) is 7.40. The van der Waals surface area contributed by atoms with Crippen LogP contribution in [0.15, 0.2) is 29.3 Å². The summed E-state index contributed by atoms with van der Waals surface area (Å²) in [6.07, 6.45) is 2.27. The van der Waals surface area contributed by atoms with Crippen LogP contribution in [0.2, 0.25) is 0 Å². The number of amidine groups is 1. The van der Waals surface area contributed by atoms with Crippen LogP contribution < -0.4 is 5.32 Å². The zero-order valence-electron chi connectivity index (χ0n) is 8.99. The van der Waals surface area contributed by atoms with Crippen molar-refractivity contribution in [1.29, 1.82) is 0 Å². The Morgan fingerprint density at radius 2 is 2.27 bits per heavy atom. The van der Waals surface area contributed by atoms with Gasteiger partial charge < -0.3 is 10.1 Å². The van der Waals surface area contributed by atoms with Gasteiger partial charge in [0.25, 0.3) is 6.02 Å². The normalized spacial score (nSPS) is 16.7. The number of ether oxygens (including phenoxy) is 1. The molecule has 0 unspecified atom stereocenters. The van der Waals surface area contributed by atoms with Crippen LogP contribution in [0.1, 0.15) is 25.3 Å². The fourth-order valence-corrected chi connectivity index (χ4v) is 1.49. The second-order valence-corrected chi connectivity index (χ2v) is 3.61. The van der Waals surface area contributed by atoms with Gasteiger partial charge in [-0.2, -0.15) is 0 Å². The van der Waals surface area contributed by atoms with Gasteiger partial charge >= 0.3 is 0 Å². The van der Waals surface area contributed by atoms with Crippen LogP contribution in [0.3, 0.4) is 0 Å². The SMILES string of the molecule is CCCCN=C1Nc2ccccc2CO1. The van der Waals surface area contributed by atoms with E-state index >= 15 is 0 Å². The third-order valence-corrected chi connectivity index (χ3v) is 2.39. The van der Waals surface area contributed by atoms with Crippen LogP contribution in [-0.4, -0.2) is 12.6 Å². The summed E-state index contributed by atoms with van der Waals surface area (Å²) in [5.74, 6) is 0. The predicted molar refractivity (Wildman–Crippen MR) is 62.1 cm³/mol. The Bertz CT molecular complexity index is 360. The lowest BCUT2D eigenvalue weighted by Gasteiger charge is -2.20. The number of fused-ring (bicyclic) bond motifs is 1. The Hall–Kier alpha value is -1.51. The molecule has 3 heteroatoms. The van der Waals surface area contributed by atoms with Crippen LogP contribution in [0, 0.1) is 0 Å². The van der Waals surface area contributed by atoms with Crippen molar-refractivity contribution in [3.05, 3.63) is 29.8 Å². The number of benzene rings is 1. The molecular weight excluding hydrogens is 188 g/mol. The lowest BCUT2D eigenvalue weighted by Crippen LogP contribution is -2.22. The molecule has 0 spiro atoms. The lowest BCUT2D eigenvalue weighted by molar-refractivity contribution is 0.284. The van der Waals surface area contributed by atoms with Crippen LogP contribution in [0.4, 0.5) is 5.69 Å². The van der Waals surface area contributed by atoms with E-state index < -0.39 is 0 Å². The maximum absolute atomic E-state index is 5.49. The van der Waals surface area contributed by atoms with Gasteiger partial charge in [-0.3, -0.25) is 0 Å². The molecule has 0 bridgehead atoms. The van der Waals surface area contributed by atoms with Crippen LogP contribution >= 0.6 is 0 Å². The van der Waals surface area contributed by atoms with E-state index in [1.807, 2.05) is 18.2 Å². The molecule has 0 fully saturated rings. The highest BCUT2D eigenvalue weighted by atomic mass is 16.5. The third-order valence-electron chi connectivity index (χ3n) is 2.39. The maximum Gasteiger partial charge on any atom is 0.289 e. The summed E-state index contributed by atoms with van der Waals surface area (Å²) in [7, 11) is 0. The average Bonchev–Trinajstić information content (AvgIpc) is 2.29. The minimum absolute atomic E-state index is 0.619. The van der Waals surface area contributed by atoms with Gasteiger partial charge in [-0.1, -0.05) is 31.5 Å². The van der Waals surface area contributed by atoms with E-state index in [0.29, 0.717) is 12.6 Å². The first-order valence-electron chi connectivity index (χ1n) is 5.42. The van der Waals surface area contributed by atoms with Gasteiger partial charge in [-0.05, 0) is 12.5 Å². The van der Waals surface area contributed by atoms with E-state index in [-0.39, 0.29) is 0 Å². The number of hydrogen-bond donors (Lipinski definition) is 1. The second-order valence-electron chi connectivity index (χ2n) is 3.61. The lowest BCUT2D eigenvalue weighted by atomic mass is 10.2. The molecule has 0 aliphatic carbocycles. The highest BCUT2D eigenvalue weighted by molar-refractivity contribution is 5.91. The van der Waals surface area contributed by atoms with Crippen molar-refractivity contribution in [3.63, 3.8) is 0 Å². The molecule has 1 aliphatic rings. The van der Waals surface area contributed by atoms with Crippen molar-refractivity contribution in [2.24, 2.45) is 4.99 Å². The van der Waals surface area contributed by atoms with E-state index in [9.17, 15) is 0 Å². The van der Waals surface area contributed by atoms with Crippen molar-refractivity contribution < 1.29 is 4.74 Å². The number of hydrogen-bond acceptors (Lipinski definition) is 2. The van der Waals surface area contributed by atoms with Gasteiger partial charge in [0.15, 0.2) is 0 Å². The van der Waals surface area contributed by atoms with Crippen LogP contribution in [0.5, 0.6) is 0 Å². The Morgan fingerprint density at radius 1 is 1.40 bits per heavy atom. The molecule has 1 aliphatic heterocycles. The van der Waals surface area contributed by atoms with Gasteiger partial charge in [0, 0.05) is 17.8 Å². The standard InChI is InChI=1S/C12H16N2O/c1-2-3-8-13-12-14-11-7-5-4-6-10(11)9-15-12/h4-7H,2-3,8-9H2,1H3,(H,13,14). The molecular formula is C12H16N2O. The first kappa shape index (κ1) is 10.0. The van der Waals surface area contributed by atoms with Crippen LogP contribution in [0.25, 0.3) is 0 Å². The van der Waals surface area contributed by atoms with Crippen molar-refractivity contribution in [2.45, 2.75) is 26.4 Å². The highest BCUT2D eigenvalue weighted by Crippen LogP contribution is 2.20. The predicted octanol–water partition coefficient (Wildman–Crippen LogP) is 2.78. The molecule has 1 heterocycles. The van der Waals surface area contributed by atoms with Gasteiger partial charge in [-0.15, -0.1) is 0 Å². The number of nitrogens with one attached hydrogen (secondary N) is 1. The fraction of sp³-hybridized carbons (Fsp3) is 0.417. The molecule has 0 radical (unpaired) electrons. The molecule has 80 valence electrons. The number of anilines is 1. The van der Waals surface area contributed by atoms with Gasteiger partial charge in [0.2, 0.25) is 0 Å². The maximum atomic E-state index is 5.49. The second kappa shape index (κ2) is 4.82. The molecule has 2 rings (SSSR count). The molecule has 0 amide bonds. The zero-order valence-corrected chi connectivity index (χ0v) is 8.99. The summed E-state index contributed by atoms with van der Waals surface area (Å²) in [6.45, 7) is 3.61. The Balaban J connectivity index is 2.02. The quantitative estimate of drug-likeness (QED) is 0.768. The monoisotopic (exact) mass is 204 g/mol. The zero-order chi connectivity index (χ0) is 10.5. The smallest absolute Gasteiger partial charge is 0.289 e. The Kier molecular flexibility index (Phi) is 3.22. The summed E-state index contributed by atoms with van der Waals surface area (Å²) in [5, 5.41) is 3.18. The highest BCUT2D eigenvalue weighted by Gasteiger charge is 2.12. The first-order valence-corrected chi connectivity index (χ1v) is 5.42. The summed E-state index contributed by atoms with van der Waals surface area (Å²) < 4.78 is 5.49. The minimum Gasteiger partial charge on any atom is -0.460 e. The average molecular weight is 204 g/mol. The molecule has 1 aromatic carbocycles. The summed E-state index contributed by atoms with van der Waals surface area (Å²) in [5.41, 5.74) is 2.30. The number of para-hydroxylation sites is 1. The summed E-state index contributed by atoms with van der Waals surface area (Å²) in [6, 6.07) is 8.80. The van der Waals surface area contributed by atoms with Crippen molar-refractivity contribution in [3.8, 4) is 0 Å².